The summed E-state index contributed by atoms with van der Waals surface area (Å²) in [6, 6.07) is 60.1. The van der Waals surface area contributed by atoms with Gasteiger partial charge in [0.2, 0.25) is 0 Å². The summed E-state index contributed by atoms with van der Waals surface area (Å²) in [5, 5.41) is 2.38. The van der Waals surface area contributed by atoms with Crippen LogP contribution in [-0.4, -0.2) is 19.1 Å². The molecule has 0 atom stereocenters. The molecule has 3 heterocycles. The highest BCUT2D eigenvalue weighted by Gasteiger charge is 2.25. The van der Waals surface area contributed by atoms with Crippen LogP contribution in [0.5, 0.6) is 0 Å². The van der Waals surface area contributed by atoms with Crippen molar-refractivity contribution in [1.82, 2.24) is 19.1 Å². The van der Waals surface area contributed by atoms with Crippen LogP contribution in [0.2, 0.25) is 0 Å². The number of anilines is 3. The molecule has 0 unspecified atom stereocenters. The molecule has 0 spiro atoms. The topological polar surface area (TPSA) is 38.9 Å². The summed E-state index contributed by atoms with van der Waals surface area (Å²) in [5.41, 5.74) is 9.75. The third-order valence-corrected chi connectivity index (χ3v) is 10.2. The van der Waals surface area contributed by atoms with E-state index in [0.717, 1.165) is 51.0 Å². The zero-order chi connectivity index (χ0) is 35.1. The maximum absolute atomic E-state index is 4.99. The second-order valence-corrected chi connectivity index (χ2v) is 13.6. The molecule has 0 N–H and O–H groups in total. The molecule has 0 radical (unpaired) electrons. The average Bonchev–Trinajstić information content (AvgIpc) is 3.83. The fraction of sp³-hybridized carbons (Fsp3) is 0.0638. The van der Waals surface area contributed by atoms with Crippen LogP contribution in [-0.2, 0) is 5.41 Å². The van der Waals surface area contributed by atoms with Crippen molar-refractivity contribution in [3.63, 3.8) is 0 Å². The molecule has 9 aromatic rings. The number of imidazole rings is 1. The van der Waals surface area contributed by atoms with Gasteiger partial charge in [-0.25, -0.2) is 9.97 Å². The SMILES string of the molecule is CC(C)(c1ccccc1)c1ccnc(-n2c3ccccc3c3ccc(N(c4ccccc4)c4cccc(-c5nccn5-c5ccccc5)c4)cc32)c1. The molecule has 3 aromatic heterocycles. The first-order valence-corrected chi connectivity index (χ1v) is 17.7. The molecule has 0 amide bonds. The summed E-state index contributed by atoms with van der Waals surface area (Å²) in [6.45, 7) is 4.56. The van der Waals surface area contributed by atoms with Crippen LogP contribution in [0, 0.1) is 0 Å². The lowest BCUT2D eigenvalue weighted by atomic mass is 9.78. The first-order chi connectivity index (χ1) is 25.6. The van der Waals surface area contributed by atoms with Crippen LogP contribution in [0.1, 0.15) is 25.0 Å². The van der Waals surface area contributed by atoms with Crippen molar-refractivity contribution in [2.75, 3.05) is 4.90 Å². The van der Waals surface area contributed by atoms with Crippen molar-refractivity contribution in [2.24, 2.45) is 0 Å². The number of rotatable bonds is 8. The van der Waals surface area contributed by atoms with Crippen molar-refractivity contribution in [3.8, 4) is 22.9 Å². The summed E-state index contributed by atoms with van der Waals surface area (Å²) in [7, 11) is 0. The lowest BCUT2D eigenvalue weighted by Crippen LogP contribution is -2.19. The summed E-state index contributed by atoms with van der Waals surface area (Å²) >= 11 is 0. The second-order valence-electron chi connectivity index (χ2n) is 13.6. The second kappa shape index (κ2) is 12.9. The Kier molecular flexibility index (Phi) is 7.74. The van der Waals surface area contributed by atoms with Gasteiger partial charge in [-0.3, -0.25) is 9.13 Å². The monoisotopic (exact) mass is 671 g/mol. The third kappa shape index (κ3) is 5.44. The van der Waals surface area contributed by atoms with Gasteiger partial charge >= 0.3 is 0 Å². The van der Waals surface area contributed by atoms with Gasteiger partial charge in [0.1, 0.15) is 11.6 Å². The Labute approximate surface area is 303 Å². The number of benzene rings is 6. The van der Waals surface area contributed by atoms with Crippen molar-refractivity contribution < 1.29 is 0 Å². The van der Waals surface area contributed by atoms with Gasteiger partial charge in [0, 0.05) is 63.1 Å². The molecular formula is C47H37N5. The lowest BCUT2D eigenvalue weighted by Gasteiger charge is -2.27. The van der Waals surface area contributed by atoms with E-state index in [4.69, 9.17) is 9.97 Å². The van der Waals surface area contributed by atoms with Gasteiger partial charge in [0.25, 0.3) is 0 Å². The molecule has 0 fully saturated rings. The van der Waals surface area contributed by atoms with Crippen LogP contribution in [0.15, 0.2) is 188 Å². The molecule has 6 aromatic carbocycles. The van der Waals surface area contributed by atoms with E-state index in [0.29, 0.717) is 0 Å². The molecule has 0 aliphatic carbocycles. The van der Waals surface area contributed by atoms with Gasteiger partial charge in [-0.15, -0.1) is 0 Å². The summed E-state index contributed by atoms with van der Waals surface area (Å²) < 4.78 is 4.45. The molecule has 52 heavy (non-hydrogen) atoms. The van der Waals surface area contributed by atoms with Crippen LogP contribution in [0.4, 0.5) is 17.1 Å². The molecule has 0 saturated heterocycles. The van der Waals surface area contributed by atoms with Crippen molar-refractivity contribution >= 4 is 38.9 Å². The van der Waals surface area contributed by atoms with E-state index in [1.807, 2.05) is 24.7 Å². The highest BCUT2D eigenvalue weighted by Crippen LogP contribution is 2.41. The van der Waals surface area contributed by atoms with Crippen molar-refractivity contribution in [3.05, 3.63) is 200 Å². The van der Waals surface area contributed by atoms with Gasteiger partial charge in [0.05, 0.1) is 11.0 Å². The Hall–Kier alpha value is -6.72. The first kappa shape index (κ1) is 31.3. The van der Waals surface area contributed by atoms with E-state index in [9.17, 15) is 0 Å². The normalized spacial score (nSPS) is 11.7. The molecule has 250 valence electrons. The number of nitrogens with zero attached hydrogens (tertiary/aromatic N) is 5. The van der Waals surface area contributed by atoms with Crippen molar-refractivity contribution in [1.29, 1.82) is 0 Å². The fourth-order valence-corrected chi connectivity index (χ4v) is 7.42. The summed E-state index contributed by atoms with van der Waals surface area (Å²) in [6.07, 6.45) is 5.82. The molecule has 5 heteroatoms. The molecule has 0 saturated carbocycles. The van der Waals surface area contributed by atoms with E-state index in [1.165, 1.54) is 21.9 Å². The van der Waals surface area contributed by atoms with Crippen molar-refractivity contribution in [2.45, 2.75) is 19.3 Å². The van der Waals surface area contributed by atoms with Gasteiger partial charge in [-0.2, -0.15) is 0 Å². The molecule has 5 nitrogen and oxygen atoms in total. The number of aromatic nitrogens is 4. The van der Waals surface area contributed by atoms with E-state index < -0.39 is 0 Å². The largest absolute Gasteiger partial charge is 0.310 e. The zero-order valence-corrected chi connectivity index (χ0v) is 29.1. The quantitative estimate of drug-likeness (QED) is 0.161. The number of para-hydroxylation sites is 3. The van der Waals surface area contributed by atoms with E-state index in [-0.39, 0.29) is 5.41 Å². The van der Waals surface area contributed by atoms with Gasteiger partial charge < -0.3 is 4.90 Å². The number of hydrogen-bond acceptors (Lipinski definition) is 3. The summed E-state index contributed by atoms with van der Waals surface area (Å²) in [4.78, 5) is 12.1. The fourth-order valence-electron chi connectivity index (χ4n) is 7.42. The molecule has 9 rings (SSSR count). The first-order valence-electron chi connectivity index (χ1n) is 17.7. The Morgan fingerprint density at radius 2 is 1.17 bits per heavy atom. The standard InChI is InChI=1S/C47H37N5/c1-47(2,35-16-6-3-7-17-35)36-27-28-48-45(32-36)52-43-24-13-12-23-41(43)42-26-25-40(33-44(42)52)51(38-20-10-5-11-21-38)39-22-14-15-34(31-39)46-49-29-30-50(46)37-18-8-4-9-19-37/h3-33H,1-2H3. The molecule has 0 aliphatic heterocycles. The van der Waals surface area contributed by atoms with E-state index in [2.05, 4.69) is 192 Å². The van der Waals surface area contributed by atoms with Crippen LogP contribution < -0.4 is 4.90 Å². The highest BCUT2D eigenvalue weighted by molar-refractivity contribution is 6.10. The third-order valence-electron chi connectivity index (χ3n) is 10.2. The number of hydrogen-bond donors (Lipinski definition) is 0. The highest BCUT2D eigenvalue weighted by atomic mass is 15.1. The summed E-state index contributed by atoms with van der Waals surface area (Å²) in [5.74, 6) is 1.78. The minimum atomic E-state index is -0.201. The van der Waals surface area contributed by atoms with Crippen LogP contribution >= 0.6 is 0 Å². The molecular weight excluding hydrogens is 635 g/mol. The minimum Gasteiger partial charge on any atom is -0.310 e. The average molecular weight is 672 g/mol. The Balaban J connectivity index is 1.21. The Morgan fingerprint density at radius 1 is 0.500 bits per heavy atom. The molecule has 0 aliphatic rings. The maximum atomic E-state index is 4.99. The lowest BCUT2D eigenvalue weighted by molar-refractivity contribution is 0.639. The zero-order valence-electron chi connectivity index (χ0n) is 29.1. The Morgan fingerprint density at radius 3 is 1.98 bits per heavy atom. The molecule has 0 bridgehead atoms. The maximum Gasteiger partial charge on any atom is 0.144 e. The van der Waals surface area contributed by atoms with Gasteiger partial charge in [0.15, 0.2) is 0 Å². The van der Waals surface area contributed by atoms with E-state index >= 15 is 0 Å². The smallest absolute Gasteiger partial charge is 0.144 e. The predicted octanol–water partition coefficient (Wildman–Crippen LogP) is 11.8. The minimum absolute atomic E-state index is 0.201. The predicted molar refractivity (Wildman–Crippen MR) is 214 cm³/mol. The Bertz CT molecular complexity index is 2650. The van der Waals surface area contributed by atoms with E-state index in [1.54, 1.807) is 0 Å². The van der Waals surface area contributed by atoms with Gasteiger partial charge in [-0.05, 0) is 77.9 Å². The number of fused-ring (bicyclic) bond motifs is 3. The van der Waals surface area contributed by atoms with Crippen LogP contribution in [0.3, 0.4) is 0 Å². The van der Waals surface area contributed by atoms with Crippen LogP contribution in [0.25, 0.3) is 44.7 Å². The van der Waals surface area contributed by atoms with Gasteiger partial charge in [-0.1, -0.05) is 117 Å². The number of pyridine rings is 1.